The average Bonchev–Trinajstić information content (AvgIpc) is 2.33. The van der Waals surface area contributed by atoms with E-state index in [4.69, 9.17) is 20.0 Å². The lowest BCUT2D eigenvalue weighted by Crippen LogP contribution is -2.35. The lowest BCUT2D eigenvalue weighted by Gasteiger charge is -2.21. The monoisotopic (exact) mass is 303 g/mol. The van der Waals surface area contributed by atoms with Crippen LogP contribution in [-0.4, -0.2) is 42.6 Å². The minimum Gasteiger partial charge on any atom is -0.481 e. The SMILES string of the molecule is O=C(O)C(CCc1cccnc1)C(C(=O)O)P(=O)(O)O. The van der Waals surface area contributed by atoms with Crippen LogP contribution in [0.1, 0.15) is 12.0 Å². The Bertz CT molecular complexity index is 527. The van der Waals surface area contributed by atoms with E-state index in [9.17, 15) is 14.2 Å². The van der Waals surface area contributed by atoms with Gasteiger partial charge in [0.15, 0.2) is 5.66 Å². The van der Waals surface area contributed by atoms with Gasteiger partial charge in [-0.1, -0.05) is 6.07 Å². The van der Waals surface area contributed by atoms with E-state index in [1.807, 2.05) is 0 Å². The van der Waals surface area contributed by atoms with Crippen molar-refractivity contribution in [2.24, 2.45) is 5.92 Å². The first-order chi connectivity index (χ1) is 9.23. The number of carboxylic acid groups (broad SMARTS) is 2. The van der Waals surface area contributed by atoms with Gasteiger partial charge in [-0.05, 0) is 24.5 Å². The summed E-state index contributed by atoms with van der Waals surface area (Å²) in [7, 11) is -5.06. The Morgan fingerprint density at radius 3 is 2.30 bits per heavy atom. The molecule has 8 nitrogen and oxygen atoms in total. The van der Waals surface area contributed by atoms with Crippen LogP contribution in [0.4, 0.5) is 0 Å². The Morgan fingerprint density at radius 2 is 1.90 bits per heavy atom. The van der Waals surface area contributed by atoms with E-state index in [1.165, 1.54) is 12.4 Å². The molecular weight excluding hydrogens is 289 g/mol. The van der Waals surface area contributed by atoms with Gasteiger partial charge in [-0.2, -0.15) is 0 Å². The number of rotatable bonds is 7. The van der Waals surface area contributed by atoms with Crippen molar-refractivity contribution in [3.05, 3.63) is 30.1 Å². The van der Waals surface area contributed by atoms with Crippen molar-refractivity contribution >= 4 is 19.5 Å². The maximum atomic E-state index is 11.2. The molecule has 1 rings (SSSR count). The number of hydrogen-bond donors (Lipinski definition) is 4. The Labute approximate surface area is 114 Å². The van der Waals surface area contributed by atoms with Crippen LogP contribution < -0.4 is 0 Å². The fourth-order valence-electron chi connectivity index (χ4n) is 1.83. The smallest absolute Gasteiger partial charge is 0.340 e. The first-order valence-electron chi connectivity index (χ1n) is 5.63. The van der Waals surface area contributed by atoms with Gasteiger partial charge in [0.25, 0.3) is 0 Å². The summed E-state index contributed by atoms with van der Waals surface area (Å²) < 4.78 is 11.2. The molecule has 1 aromatic rings. The molecule has 0 amide bonds. The Hall–Kier alpha value is -1.76. The molecule has 0 saturated carbocycles. The molecule has 0 radical (unpaired) electrons. The Morgan fingerprint density at radius 1 is 1.25 bits per heavy atom. The van der Waals surface area contributed by atoms with Gasteiger partial charge in [0, 0.05) is 12.4 Å². The number of aryl methyl sites for hydroxylation is 1. The molecule has 0 saturated heterocycles. The molecule has 0 fully saturated rings. The van der Waals surface area contributed by atoms with E-state index in [-0.39, 0.29) is 12.8 Å². The molecule has 0 spiro atoms. The molecule has 110 valence electrons. The van der Waals surface area contributed by atoms with E-state index in [0.29, 0.717) is 5.56 Å². The number of nitrogens with zero attached hydrogens (tertiary/aromatic N) is 1. The standard InChI is InChI=1S/C11H14NO7P/c13-10(14)8(9(11(15)16)20(17,18)19)4-3-7-2-1-5-12-6-7/h1-2,5-6,8-9H,3-4H2,(H,13,14)(H,15,16)(H2,17,18,19). The predicted octanol–water partition coefficient (Wildman–Crippen LogP) is 0.346. The zero-order chi connectivity index (χ0) is 15.3. The predicted molar refractivity (Wildman–Crippen MR) is 67.2 cm³/mol. The largest absolute Gasteiger partial charge is 0.481 e. The molecule has 1 aromatic heterocycles. The van der Waals surface area contributed by atoms with Crippen LogP contribution in [-0.2, 0) is 20.6 Å². The summed E-state index contributed by atoms with van der Waals surface area (Å²) in [5.41, 5.74) is -1.59. The van der Waals surface area contributed by atoms with Crippen molar-refractivity contribution in [3.8, 4) is 0 Å². The van der Waals surface area contributed by atoms with Gasteiger partial charge in [0.05, 0.1) is 5.92 Å². The summed E-state index contributed by atoms with van der Waals surface area (Å²) >= 11 is 0. The lowest BCUT2D eigenvalue weighted by molar-refractivity contribution is -0.148. The van der Waals surface area contributed by atoms with Crippen molar-refractivity contribution < 1.29 is 34.2 Å². The van der Waals surface area contributed by atoms with Crippen LogP contribution in [0.2, 0.25) is 0 Å². The fourth-order valence-corrected chi connectivity index (χ4v) is 2.87. The van der Waals surface area contributed by atoms with Gasteiger partial charge in [-0.15, -0.1) is 0 Å². The van der Waals surface area contributed by atoms with Crippen LogP contribution in [0.3, 0.4) is 0 Å². The van der Waals surface area contributed by atoms with Gasteiger partial charge >= 0.3 is 19.5 Å². The molecule has 4 N–H and O–H groups in total. The number of carboxylic acids is 2. The zero-order valence-corrected chi connectivity index (χ0v) is 11.2. The van der Waals surface area contributed by atoms with Crippen molar-refractivity contribution in [1.29, 1.82) is 0 Å². The van der Waals surface area contributed by atoms with Gasteiger partial charge in [-0.3, -0.25) is 19.1 Å². The fraction of sp³-hybridized carbons (Fsp3) is 0.364. The topological polar surface area (TPSA) is 145 Å². The molecule has 2 atom stereocenters. The van der Waals surface area contributed by atoms with E-state index in [2.05, 4.69) is 4.98 Å². The Kier molecular flexibility index (Phi) is 5.38. The molecule has 0 aliphatic heterocycles. The maximum Gasteiger partial charge on any atom is 0.340 e. The summed E-state index contributed by atoms with van der Waals surface area (Å²) in [5.74, 6) is -5.05. The zero-order valence-electron chi connectivity index (χ0n) is 10.3. The molecule has 0 bridgehead atoms. The highest BCUT2D eigenvalue weighted by molar-refractivity contribution is 7.53. The molecule has 0 aliphatic rings. The molecule has 2 unspecified atom stereocenters. The van der Waals surface area contributed by atoms with Gasteiger partial charge < -0.3 is 20.0 Å². The highest BCUT2D eigenvalue weighted by atomic mass is 31.2. The molecular formula is C11H14NO7P. The summed E-state index contributed by atoms with van der Waals surface area (Å²) in [5, 5.41) is 17.9. The summed E-state index contributed by atoms with van der Waals surface area (Å²) in [6.45, 7) is 0. The van der Waals surface area contributed by atoms with Crippen molar-refractivity contribution in [3.63, 3.8) is 0 Å². The van der Waals surface area contributed by atoms with Crippen molar-refractivity contribution in [2.75, 3.05) is 0 Å². The van der Waals surface area contributed by atoms with Crippen LogP contribution in [0.15, 0.2) is 24.5 Å². The molecule has 0 aliphatic carbocycles. The first-order valence-corrected chi connectivity index (χ1v) is 7.31. The van der Waals surface area contributed by atoms with E-state index >= 15 is 0 Å². The van der Waals surface area contributed by atoms with Crippen LogP contribution in [0.25, 0.3) is 0 Å². The summed E-state index contributed by atoms with van der Waals surface area (Å²) in [6.07, 6.45) is 2.96. The number of hydrogen-bond acceptors (Lipinski definition) is 4. The quantitative estimate of drug-likeness (QED) is 0.528. The highest BCUT2D eigenvalue weighted by Gasteiger charge is 2.45. The minimum absolute atomic E-state index is 0.161. The second kappa shape index (κ2) is 6.60. The van der Waals surface area contributed by atoms with Gasteiger partial charge in [-0.25, -0.2) is 0 Å². The lowest BCUT2D eigenvalue weighted by atomic mass is 9.97. The third kappa shape index (κ3) is 4.41. The number of pyridine rings is 1. The van der Waals surface area contributed by atoms with E-state index in [1.54, 1.807) is 12.1 Å². The third-order valence-corrected chi connectivity index (χ3v) is 4.09. The van der Waals surface area contributed by atoms with Crippen LogP contribution >= 0.6 is 7.60 Å². The molecule has 9 heteroatoms. The first kappa shape index (κ1) is 16.3. The normalized spacial score (nSPS) is 14.5. The van der Waals surface area contributed by atoms with Crippen LogP contribution in [0.5, 0.6) is 0 Å². The average molecular weight is 303 g/mol. The maximum absolute atomic E-state index is 11.2. The van der Waals surface area contributed by atoms with Crippen molar-refractivity contribution in [1.82, 2.24) is 4.98 Å². The summed E-state index contributed by atoms with van der Waals surface area (Å²) in [4.78, 5) is 43.9. The minimum atomic E-state index is -5.06. The highest BCUT2D eigenvalue weighted by Crippen LogP contribution is 2.46. The number of aromatic nitrogens is 1. The Balaban J connectivity index is 2.91. The van der Waals surface area contributed by atoms with Crippen molar-refractivity contribution in [2.45, 2.75) is 18.5 Å². The second-order valence-corrected chi connectivity index (χ2v) is 5.95. The second-order valence-electron chi connectivity index (χ2n) is 4.22. The molecule has 20 heavy (non-hydrogen) atoms. The summed E-state index contributed by atoms with van der Waals surface area (Å²) in [6, 6.07) is 3.29. The molecule has 0 aromatic carbocycles. The third-order valence-electron chi connectivity index (χ3n) is 2.78. The number of aliphatic carboxylic acids is 2. The van der Waals surface area contributed by atoms with Crippen LogP contribution in [0, 0.1) is 5.92 Å². The van der Waals surface area contributed by atoms with E-state index < -0.39 is 31.1 Å². The van der Waals surface area contributed by atoms with Gasteiger partial charge in [0.1, 0.15) is 0 Å². The molecule has 1 heterocycles. The number of carbonyl (C=O) groups is 2. The van der Waals surface area contributed by atoms with E-state index in [0.717, 1.165) is 0 Å². The van der Waals surface area contributed by atoms with Gasteiger partial charge in [0.2, 0.25) is 0 Å².